The van der Waals surface area contributed by atoms with Gasteiger partial charge in [0.25, 0.3) is 0 Å². The average molecular weight is 488 g/mol. The van der Waals surface area contributed by atoms with E-state index in [0.717, 1.165) is 30.6 Å². The van der Waals surface area contributed by atoms with Gasteiger partial charge in [-0.3, -0.25) is 4.99 Å². The fourth-order valence-corrected chi connectivity index (χ4v) is 4.45. The van der Waals surface area contributed by atoms with E-state index in [4.69, 9.17) is 9.47 Å². The molecule has 1 aliphatic rings. The lowest BCUT2D eigenvalue weighted by molar-refractivity contribution is -0.141. The second kappa shape index (κ2) is 17.1. The number of hydrogen-bond acceptors (Lipinski definition) is 6. The summed E-state index contributed by atoms with van der Waals surface area (Å²) >= 11 is 0. The van der Waals surface area contributed by atoms with Crippen LogP contribution in [0.1, 0.15) is 102 Å². The van der Waals surface area contributed by atoms with Crippen molar-refractivity contribution in [2.24, 2.45) is 4.99 Å². The third-order valence-electron chi connectivity index (χ3n) is 6.57. The van der Waals surface area contributed by atoms with E-state index in [1.165, 1.54) is 64.2 Å². The quantitative estimate of drug-likeness (QED) is 0.127. The van der Waals surface area contributed by atoms with Gasteiger partial charge in [-0.15, -0.1) is 0 Å². The normalized spacial score (nSPS) is 16.1. The molecule has 6 heteroatoms. The fourth-order valence-electron chi connectivity index (χ4n) is 4.45. The summed E-state index contributed by atoms with van der Waals surface area (Å²) in [4.78, 5) is 17.1. The molecule has 1 aromatic rings. The molecule has 2 N–H and O–H groups in total. The maximum atomic E-state index is 12.4. The van der Waals surface area contributed by atoms with Crippen LogP contribution in [-0.2, 0) is 16.1 Å². The van der Waals surface area contributed by atoms with Gasteiger partial charge in [-0.2, -0.15) is 0 Å². The van der Waals surface area contributed by atoms with Crippen LogP contribution < -0.4 is 4.74 Å². The molecule has 0 spiro atoms. The van der Waals surface area contributed by atoms with E-state index in [9.17, 15) is 15.0 Å². The van der Waals surface area contributed by atoms with E-state index < -0.39 is 18.7 Å². The molecule has 2 rings (SSSR count). The zero-order valence-electron chi connectivity index (χ0n) is 21.8. The summed E-state index contributed by atoms with van der Waals surface area (Å²) in [5.41, 5.74) is 1.62. The Kier molecular flexibility index (Phi) is 14.2. The van der Waals surface area contributed by atoms with Gasteiger partial charge < -0.3 is 19.7 Å². The van der Waals surface area contributed by atoms with Gasteiger partial charge in [-0.25, -0.2) is 4.79 Å². The molecule has 0 aromatic heterocycles. The minimum atomic E-state index is -0.994. The molecule has 6 nitrogen and oxygen atoms in total. The lowest BCUT2D eigenvalue weighted by Gasteiger charge is -2.08. The highest BCUT2D eigenvalue weighted by Crippen LogP contribution is 2.25. The Morgan fingerprint density at radius 3 is 2.11 bits per heavy atom. The van der Waals surface area contributed by atoms with Gasteiger partial charge in [-0.1, -0.05) is 96.1 Å². The maximum Gasteiger partial charge on any atom is 0.344 e. The molecule has 0 radical (unpaired) electrons. The van der Waals surface area contributed by atoms with Crippen molar-refractivity contribution in [3.63, 3.8) is 0 Å². The first kappa shape index (κ1) is 28.9. The molecule has 0 saturated carbocycles. The van der Waals surface area contributed by atoms with Crippen LogP contribution in [0.5, 0.6) is 5.75 Å². The van der Waals surface area contributed by atoms with Gasteiger partial charge in [0, 0.05) is 0 Å². The molecule has 0 fully saturated rings. The number of methoxy groups -OCH3 is 1. The highest BCUT2D eigenvalue weighted by molar-refractivity contribution is 6.21. The van der Waals surface area contributed by atoms with Gasteiger partial charge in [0.2, 0.25) is 0 Å². The second-order valence-corrected chi connectivity index (χ2v) is 9.44. The Balaban J connectivity index is 1.80. The lowest BCUT2D eigenvalue weighted by Crippen LogP contribution is -2.15. The maximum absolute atomic E-state index is 12.4. The van der Waals surface area contributed by atoms with Crippen molar-refractivity contribution in [1.29, 1.82) is 0 Å². The lowest BCUT2D eigenvalue weighted by atomic mass is 10.0. The van der Waals surface area contributed by atoms with Crippen LogP contribution in [0.25, 0.3) is 0 Å². The topological polar surface area (TPSA) is 88.3 Å². The van der Waals surface area contributed by atoms with Gasteiger partial charge in [0.15, 0.2) is 11.9 Å². The van der Waals surface area contributed by atoms with E-state index in [1.807, 2.05) is 24.3 Å². The number of ether oxygens (including phenoxy) is 2. The standard InChI is InChI=1S/C29H45NO5/c1-3-4-5-6-7-8-9-10-11-12-13-14-15-19-25(27-28(32)26(22-31)35-29(27)33)30-21-23-17-16-18-24(20-23)34-2/h16-18,20,26,31-32H,3-15,19,21-22H2,1-2H3. The predicted molar refractivity (Wildman–Crippen MR) is 141 cm³/mol. The number of carbonyl (C=O) groups is 1. The smallest absolute Gasteiger partial charge is 0.344 e. The summed E-state index contributed by atoms with van der Waals surface area (Å²) in [6.45, 7) is 2.19. The number of unbranched alkanes of at least 4 members (excludes halogenated alkanes) is 12. The zero-order valence-corrected chi connectivity index (χ0v) is 21.8. The molecule has 1 aliphatic heterocycles. The van der Waals surface area contributed by atoms with Crippen molar-refractivity contribution in [3.05, 3.63) is 41.2 Å². The number of carbonyl (C=O) groups excluding carboxylic acids is 1. The number of aliphatic hydroxyl groups is 2. The number of cyclic esters (lactones) is 1. The third kappa shape index (κ3) is 10.4. The molecule has 35 heavy (non-hydrogen) atoms. The summed E-state index contributed by atoms with van der Waals surface area (Å²) < 4.78 is 10.4. The summed E-state index contributed by atoms with van der Waals surface area (Å²) in [6, 6.07) is 7.63. The Morgan fingerprint density at radius 2 is 1.57 bits per heavy atom. The van der Waals surface area contributed by atoms with E-state index in [-0.39, 0.29) is 11.3 Å². The van der Waals surface area contributed by atoms with Crippen molar-refractivity contribution >= 4 is 11.7 Å². The zero-order chi connectivity index (χ0) is 25.3. The van der Waals surface area contributed by atoms with Crippen molar-refractivity contribution in [2.45, 2.75) is 109 Å². The van der Waals surface area contributed by atoms with Crippen molar-refractivity contribution in [1.82, 2.24) is 0 Å². The monoisotopic (exact) mass is 487 g/mol. The molecule has 196 valence electrons. The molecule has 0 saturated heterocycles. The van der Waals surface area contributed by atoms with E-state index in [1.54, 1.807) is 7.11 Å². The van der Waals surface area contributed by atoms with Gasteiger partial charge in [0.05, 0.1) is 26.0 Å². The van der Waals surface area contributed by atoms with Crippen LogP contribution in [0.15, 0.2) is 40.6 Å². The molecular weight excluding hydrogens is 442 g/mol. The van der Waals surface area contributed by atoms with Crippen LogP contribution >= 0.6 is 0 Å². The number of esters is 1. The van der Waals surface area contributed by atoms with Gasteiger partial charge >= 0.3 is 5.97 Å². The highest BCUT2D eigenvalue weighted by Gasteiger charge is 2.36. The molecule has 1 heterocycles. The molecule has 1 atom stereocenters. The number of benzene rings is 1. The molecule has 0 amide bonds. The molecule has 1 aromatic carbocycles. The number of nitrogens with zero attached hydrogens (tertiary/aromatic N) is 1. The SMILES string of the molecule is CCCCCCCCCCCCCCCC(=NCc1cccc(OC)c1)C1=C(O)C(CO)OC1=O. The van der Waals surface area contributed by atoms with Crippen LogP contribution in [0.3, 0.4) is 0 Å². The summed E-state index contributed by atoms with van der Waals surface area (Å²) in [5, 5.41) is 19.8. The Bertz CT molecular complexity index is 817. The van der Waals surface area contributed by atoms with Crippen LogP contribution in [0.2, 0.25) is 0 Å². The largest absolute Gasteiger partial charge is 0.507 e. The first-order chi connectivity index (χ1) is 17.1. The van der Waals surface area contributed by atoms with Crippen LogP contribution in [-0.4, -0.2) is 41.7 Å². The van der Waals surface area contributed by atoms with E-state index in [2.05, 4.69) is 11.9 Å². The van der Waals surface area contributed by atoms with Crippen molar-refractivity contribution in [3.8, 4) is 5.75 Å². The summed E-state index contributed by atoms with van der Waals surface area (Å²) in [6.07, 6.45) is 16.1. The number of aliphatic hydroxyl groups excluding tert-OH is 2. The molecular formula is C29H45NO5. The van der Waals surface area contributed by atoms with Gasteiger partial charge in [0.1, 0.15) is 11.3 Å². The number of aliphatic imine (C=N–C) groups is 1. The Hall–Kier alpha value is -2.34. The number of rotatable bonds is 19. The predicted octanol–water partition coefficient (Wildman–Crippen LogP) is 6.85. The first-order valence-electron chi connectivity index (χ1n) is 13.5. The molecule has 1 unspecified atom stereocenters. The Morgan fingerprint density at radius 1 is 0.971 bits per heavy atom. The highest BCUT2D eigenvalue weighted by atomic mass is 16.6. The summed E-state index contributed by atoms with van der Waals surface area (Å²) in [5.74, 6) is -0.0735. The number of hydrogen-bond donors (Lipinski definition) is 2. The van der Waals surface area contributed by atoms with Gasteiger partial charge in [-0.05, 0) is 30.5 Å². The average Bonchev–Trinajstić information content (AvgIpc) is 3.16. The van der Waals surface area contributed by atoms with E-state index in [0.29, 0.717) is 18.7 Å². The van der Waals surface area contributed by atoms with Crippen molar-refractivity contribution in [2.75, 3.05) is 13.7 Å². The Labute approximate surface area is 211 Å². The van der Waals surface area contributed by atoms with Crippen molar-refractivity contribution < 1.29 is 24.5 Å². The van der Waals surface area contributed by atoms with Crippen LogP contribution in [0, 0.1) is 0 Å². The fraction of sp³-hybridized carbons (Fsp3) is 0.655. The summed E-state index contributed by atoms with van der Waals surface area (Å²) in [7, 11) is 1.62. The third-order valence-corrected chi connectivity index (χ3v) is 6.57. The minimum absolute atomic E-state index is 0.117. The van der Waals surface area contributed by atoms with E-state index >= 15 is 0 Å². The molecule has 0 bridgehead atoms. The first-order valence-corrected chi connectivity index (χ1v) is 13.5. The molecule has 0 aliphatic carbocycles. The minimum Gasteiger partial charge on any atom is -0.507 e. The van der Waals surface area contributed by atoms with Crippen LogP contribution in [0.4, 0.5) is 0 Å². The second-order valence-electron chi connectivity index (χ2n) is 9.44.